The van der Waals surface area contributed by atoms with Gasteiger partial charge in [-0.05, 0) is 69.3 Å². The fraction of sp³-hybridized carbons (Fsp3) is 0.250. The minimum Gasteiger partial charge on any atom is -0.508 e. The van der Waals surface area contributed by atoms with Crippen LogP contribution < -0.4 is 4.74 Å². The van der Waals surface area contributed by atoms with Crippen LogP contribution in [0.5, 0.6) is 11.5 Å². The zero-order chi connectivity index (χ0) is 15.7. The van der Waals surface area contributed by atoms with Gasteiger partial charge in [-0.25, -0.2) is 8.42 Å². The first kappa shape index (κ1) is 15.4. The lowest BCUT2D eigenvalue weighted by Gasteiger charge is -2.21. The van der Waals surface area contributed by atoms with Crippen molar-refractivity contribution in [2.75, 3.05) is 0 Å². The van der Waals surface area contributed by atoms with Crippen molar-refractivity contribution < 1.29 is 18.3 Å². The molecule has 0 amide bonds. The number of benzene rings is 2. The topological polar surface area (TPSA) is 63.6 Å². The van der Waals surface area contributed by atoms with Gasteiger partial charge in [0.15, 0.2) is 0 Å². The zero-order valence-electron chi connectivity index (χ0n) is 12.2. The molecule has 1 N–H and O–H groups in total. The molecule has 0 bridgehead atoms. The first-order chi connectivity index (χ1) is 9.68. The van der Waals surface area contributed by atoms with Crippen molar-refractivity contribution in [3.8, 4) is 11.5 Å². The van der Waals surface area contributed by atoms with Crippen LogP contribution in [0.1, 0.15) is 20.8 Å². The highest BCUT2D eigenvalue weighted by Crippen LogP contribution is 2.25. The molecule has 0 aliphatic carbocycles. The maximum atomic E-state index is 12.4. The molecule has 112 valence electrons. The van der Waals surface area contributed by atoms with Crippen LogP contribution in [0.4, 0.5) is 0 Å². The van der Waals surface area contributed by atoms with E-state index in [0.29, 0.717) is 5.75 Å². The number of aromatic hydroxyl groups is 1. The molecule has 0 spiro atoms. The third-order valence-corrected chi connectivity index (χ3v) is 4.49. The summed E-state index contributed by atoms with van der Waals surface area (Å²) in [4.78, 5) is 0.333. The fourth-order valence-electron chi connectivity index (χ4n) is 1.80. The van der Waals surface area contributed by atoms with E-state index in [2.05, 4.69) is 0 Å². The molecule has 0 aliphatic rings. The summed E-state index contributed by atoms with van der Waals surface area (Å²) < 4.78 is 30.5. The molecule has 0 heterocycles. The van der Waals surface area contributed by atoms with Gasteiger partial charge in [-0.3, -0.25) is 0 Å². The second-order valence-electron chi connectivity index (χ2n) is 5.68. The number of hydrogen-bond acceptors (Lipinski definition) is 4. The van der Waals surface area contributed by atoms with Gasteiger partial charge in [0.05, 0.1) is 9.79 Å². The number of phenolic OH excluding ortho intramolecular Hbond substituents is 1. The minimum atomic E-state index is -3.58. The highest BCUT2D eigenvalue weighted by Gasteiger charge is 2.18. The predicted molar refractivity (Wildman–Crippen MR) is 80.4 cm³/mol. The maximum Gasteiger partial charge on any atom is 0.206 e. The molecule has 5 heteroatoms. The maximum absolute atomic E-state index is 12.4. The van der Waals surface area contributed by atoms with E-state index in [-0.39, 0.29) is 21.1 Å². The number of sulfone groups is 1. The van der Waals surface area contributed by atoms with Gasteiger partial charge in [0.25, 0.3) is 0 Å². The van der Waals surface area contributed by atoms with Crippen LogP contribution in [0.25, 0.3) is 0 Å². The van der Waals surface area contributed by atoms with Crippen molar-refractivity contribution in [3.05, 3.63) is 48.5 Å². The van der Waals surface area contributed by atoms with E-state index in [0.717, 1.165) is 0 Å². The lowest BCUT2D eigenvalue weighted by molar-refractivity contribution is 0.131. The molecule has 0 atom stereocenters. The Kier molecular flexibility index (Phi) is 3.96. The van der Waals surface area contributed by atoms with Crippen molar-refractivity contribution in [3.63, 3.8) is 0 Å². The summed E-state index contributed by atoms with van der Waals surface area (Å²) in [6.07, 6.45) is 0. The first-order valence-electron chi connectivity index (χ1n) is 6.52. The van der Waals surface area contributed by atoms with E-state index in [1.54, 1.807) is 12.1 Å². The second-order valence-corrected chi connectivity index (χ2v) is 7.63. The monoisotopic (exact) mass is 306 g/mol. The molecule has 0 radical (unpaired) electrons. The molecule has 0 saturated heterocycles. The summed E-state index contributed by atoms with van der Waals surface area (Å²) in [6.45, 7) is 5.77. The lowest BCUT2D eigenvalue weighted by Crippen LogP contribution is -2.22. The van der Waals surface area contributed by atoms with Crippen molar-refractivity contribution in [1.82, 2.24) is 0 Å². The highest BCUT2D eigenvalue weighted by molar-refractivity contribution is 7.91. The molecule has 2 rings (SSSR count). The van der Waals surface area contributed by atoms with Crippen LogP contribution in [0.3, 0.4) is 0 Å². The SMILES string of the molecule is CC(C)(C)Oc1ccc(S(=O)(=O)c2ccc(O)cc2)cc1. The van der Waals surface area contributed by atoms with Crippen molar-refractivity contribution in [2.45, 2.75) is 36.2 Å². The Hall–Kier alpha value is -2.01. The van der Waals surface area contributed by atoms with Gasteiger partial charge >= 0.3 is 0 Å². The van der Waals surface area contributed by atoms with Gasteiger partial charge in [0, 0.05) is 0 Å². The Morgan fingerprint density at radius 3 is 1.71 bits per heavy atom. The van der Waals surface area contributed by atoms with Crippen molar-refractivity contribution in [1.29, 1.82) is 0 Å². The molecule has 0 unspecified atom stereocenters. The van der Waals surface area contributed by atoms with Gasteiger partial charge in [0.1, 0.15) is 17.1 Å². The number of ether oxygens (including phenoxy) is 1. The molecule has 2 aromatic carbocycles. The first-order valence-corrected chi connectivity index (χ1v) is 8.00. The summed E-state index contributed by atoms with van der Waals surface area (Å²) in [6, 6.07) is 11.8. The van der Waals surface area contributed by atoms with E-state index < -0.39 is 9.84 Å². The lowest BCUT2D eigenvalue weighted by atomic mass is 10.2. The molecule has 0 saturated carbocycles. The van der Waals surface area contributed by atoms with Crippen LogP contribution in [-0.2, 0) is 9.84 Å². The largest absolute Gasteiger partial charge is 0.508 e. The second kappa shape index (κ2) is 5.41. The van der Waals surface area contributed by atoms with Gasteiger partial charge in [-0.1, -0.05) is 0 Å². The molecular weight excluding hydrogens is 288 g/mol. The Balaban J connectivity index is 2.31. The molecule has 0 aliphatic heterocycles. The normalized spacial score (nSPS) is 12.1. The summed E-state index contributed by atoms with van der Waals surface area (Å²) in [7, 11) is -3.58. The number of hydrogen-bond donors (Lipinski definition) is 1. The number of rotatable bonds is 3. The average Bonchev–Trinajstić information content (AvgIpc) is 2.38. The minimum absolute atomic E-state index is 0.0304. The third kappa shape index (κ3) is 3.76. The van der Waals surface area contributed by atoms with E-state index in [1.165, 1.54) is 36.4 Å². The van der Waals surface area contributed by atoms with Gasteiger partial charge in [-0.15, -0.1) is 0 Å². The van der Waals surface area contributed by atoms with Crippen LogP contribution >= 0.6 is 0 Å². The molecule has 21 heavy (non-hydrogen) atoms. The van der Waals surface area contributed by atoms with E-state index in [9.17, 15) is 13.5 Å². The smallest absolute Gasteiger partial charge is 0.206 e. The molecule has 4 nitrogen and oxygen atoms in total. The molecule has 2 aromatic rings. The van der Waals surface area contributed by atoms with Crippen molar-refractivity contribution in [2.24, 2.45) is 0 Å². The zero-order valence-corrected chi connectivity index (χ0v) is 13.0. The van der Waals surface area contributed by atoms with Gasteiger partial charge in [0.2, 0.25) is 9.84 Å². The standard InChI is InChI=1S/C16H18O4S/c1-16(2,3)20-13-6-10-15(11-7-13)21(18,19)14-8-4-12(17)5-9-14/h4-11,17H,1-3H3. The van der Waals surface area contributed by atoms with Gasteiger partial charge in [-0.2, -0.15) is 0 Å². The molecular formula is C16H18O4S. The molecule has 0 fully saturated rings. The van der Waals surface area contributed by atoms with Crippen LogP contribution in [0.2, 0.25) is 0 Å². The number of phenols is 1. The third-order valence-electron chi connectivity index (χ3n) is 2.71. The van der Waals surface area contributed by atoms with Crippen LogP contribution in [0, 0.1) is 0 Å². The van der Waals surface area contributed by atoms with Crippen molar-refractivity contribution >= 4 is 9.84 Å². The summed E-state index contributed by atoms with van der Waals surface area (Å²) in [5.74, 6) is 0.648. The van der Waals surface area contributed by atoms with Gasteiger partial charge < -0.3 is 9.84 Å². The Morgan fingerprint density at radius 2 is 1.29 bits per heavy atom. The summed E-state index contributed by atoms with van der Waals surface area (Å²) in [5, 5.41) is 9.23. The Labute approximate surface area is 124 Å². The van der Waals surface area contributed by atoms with Crippen LogP contribution in [-0.4, -0.2) is 19.1 Å². The Bertz CT molecular complexity index is 708. The Morgan fingerprint density at radius 1 is 0.857 bits per heavy atom. The van der Waals surface area contributed by atoms with Crippen LogP contribution in [0.15, 0.2) is 58.3 Å². The quantitative estimate of drug-likeness (QED) is 0.944. The van der Waals surface area contributed by atoms with E-state index in [1.807, 2.05) is 20.8 Å². The highest BCUT2D eigenvalue weighted by atomic mass is 32.2. The average molecular weight is 306 g/mol. The van der Waals surface area contributed by atoms with E-state index in [4.69, 9.17) is 4.74 Å². The predicted octanol–water partition coefficient (Wildman–Crippen LogP) is 3.40. The molecule has 0 aromatic heterocycles. The summed E-state index contributed by atoms with van der Waals surface area (Å²) in [5.41, 5.74) is -0.336. The fourth-order valence-corrected chi connectivity index (χ4v) is 3.06. The summed E-state index contributed by atoms with van der Waals surface area (Å²) >= 11 is 0. The van der Waals surface area contributed by atoms with E-state index >= 15 is 0 Å².